The first-order valence-electron chi connectivity index (χ1n) is 6.86. The van der Waals surface area contributed by atoms with Gasteiger partial charge in [-0.3, -0.25) is 0 Å². The molecule has 1 aromatic rings. The van der Waals surface area contributed by atoms with Crippen molar-refractivity contribution in [1.29, 1.82) is 0 Å². The molecule has 2 heterocycles. The summed E-state index contributed by atoms with van der Waals surface area (Å²) >= 11 is 0. The van der Waals surface area contributed by atoms with E-state index in [-0.39, 0.29) is 0 Å². The van der Waals surface area contributed by atoms with Crippen LogP contribution in [-0.4, -0.2) is 54.1 Å². The average molecular weight is 249 g/mol. The van der Waals surface area contributed by atoms with E-state index in [2.05, 4.69) is 32.4 Å². The maximum Gasteiger partial charge on any atom is 0.129 e. The fraction of sp³-hybridized carbons (Fsp3) is 0.692. The van der Waals surface area contributed by atoms with Crippen molar-refractivity contribution in [3.05, 3.63) is 18.1 Å². The highest BCUT2D eigenvalue weighted by Gasteiger charge is 2.08. The lowest BCUT2D eigenvalue weighted by atomic mass is 10.3. The van der Waals surface area contributed by atoms with Crippen LogP contribution in [0.3, 0.4) is 0 Å². The van der Waals surface area contributed by atoms with E-state index >= 15 is 0 Å². The van der Waals surface area contributed by atoms with Crippen molar-refractivity contribution in [2.45, 2.75) is 19.8 Å². The molecule has 0 spiro atoms. The first kappa shape index (κ1) is 13.2. The smallest absolute Gasteiger partial charge is 0.129 e. The monoisotopic (exact) mass is 249 g/mol. The predicted molar refractivity (Wildman–Crippen MR) is 73.8 cm³/mol. The summed E-state index contributed by atoms with van der Waals surface area (Å²) < 4.78 is 0. The highest BCUT2D eigenvalue weighted by atomic mass is 15.2. The Morgan fingerprint density at radius 2 is 2.17 bits per heavy atom. The molecule has 2 N–H and O–H groups in total. The molecule has 5 nitrogen and oxygen atoms in total. The second kappa shape index (κ2) is 7.28. The highest BCUT2D eigenvalue weighted by Crippen LogP contribution is 2.04. The lowest BCUT2D eigenvalue weighted by Gasteiger charge is -2.27. The predicted octanol–water partition coefficient (Wildman–Crippen LogP) is 0.746. The van der Waals surface area contributed by atoms with E-state index in [0.717, 1.165) is 44.0 Å². The molecule has 0 unspecified atom stereocenters. The van der Waals surface area contributed by atoms with E-state index in [4.69, 9.17) is 0 Å². The van der Waals surface area contributed by atoms with Gasteiger partial charge in [-0.25, -0.2) is 9.97 Å². The average Bonchev–Trinajstić information content (AvgIpc) is 2.45. The molecule has 18 heavy (non-hydrogen) atoms. The number of nitrogens with zero attached hydrogens (tertiary/aromatic N) is 3. The largest absolute Gasteiger partial charge is 0.370 e. The lowest BCUT2D eigenvalue weighted by Crippen LogP contribution is -2.44. The van der Waals surface area contributed by atoms with Crippen molar-refractivity contribution in [3.8, 4) is 0 Å². The molecular weight excluding hydrogens is 226 g/mol. The Hall–Kier alpha value is -1.20. The zero-order chi connectivity index (χ0) is 12.6. The van der Waals surface area contributed by atoms with Crippen molar-refractivity contribution in [2.24, 2.45) is 0 Å². The van der Waals surface area contributed by atoms with E-state index in [0.29, 0.717) is 0 Å². The fourth-order valence-corrected chi connectivity index (χ4v) is 2.14. The molecule has 0 amide bonds. The highest BCUT2D eigenvalue weighted by molar-refractivity contribution is 5.34. The third-order valence-corrected chi connectivity index (χ3v) is 3.25. The molecule has 100 valence electrons. The van der Waals surface area contributed by atoms with Gasteiger partial charge in [-0.05, 0) is 19.4 Å². The first-order valence-corrected chi connectivity index (χ1v) is 6.86. The van der Waals surface area contributed by atoms with Gasteiger partial charge in [0.1, 0.15) is 12.1 Å². The SMILES string of the molecule is CCc1cc(NCCCN2CCNCC2)ncn1. The summed E-state index contributed by atoms with van der Waals surface area (Å²) in [6.45, 7) is 8.85. The van der Waals surface area contributed by atoms with Gasteiger partial charge in [0.2, 0.25) is 0 Å². The summed E-state index contributed by atoms with van der Waals surface area (Å²) in [5, 5.41) is 6.73. The number of rotatable bonds is 6. The molecule has 2 rings (SSSR count). The van der Waals surface area contributed by atoms with Crippen LogP contribution in [0.1, 0.15) is 19.0 Å². The summed E-state index contributed by atoms with van der Waals surface area (Å²) in [5.74, 6) is 0.946. The molecule has 5 heteroatoms. The van der Waals surface area contributed by atoms with Gasteiger partial charge in [0.05, 0.1) is 0 Å². The second-order valence-electron chi connectivity index (χ2n) is 4.62. The molecule has 0 radical (unpaired) electrons. The topological polar surface area (TPSA) is 53.1 Å². The van der Waals surface area contributed by atoms with Crippen molar-refractivity contribution in [2.75, 3.05) is 44.6 Å². The van der Waals surface area contributed by atoms with Gasteiger partial charge in [-0.2, -0.15) is 0 Å². The van der Waals surface area contributed by atoms with E-state index in [1.54, 1.807) is 6.33 Å². The molecule has 0 atom stereocenters. The summed E-state index contributed by atoms with van der Waals surface area (Å²) in [7, 11) is 0. The second-order valence-corrected chi connectivity index (χ2v) is 4.62. The van der Waals surface area contributed by atoms with E-state index in [9.17, 15) is 0 Å². The van der Waals surface area contributed by atoms with Gasteiger partial charge < -0.3 is 15.5 Å². The van der Waals surface area contributed by atoms with Crippen LogP contribution >= 0.6 is 0 Å². The standard InChI is InChI=1S/C13H23N5/c1-2-12-10-13(17-11-16-12)15-4-3-7-18-8-5-14-6-9-18/h10-11,14H,2-9H2,1H3,(H,15,16,17). The Morgan fingerprint density at radius 1 is 1.33 bits per heavy atom. The minimum Gasteiger partial charge on any atom is -0.370 e. The number of hydrogen-bond acceptors (Lipinski definition) is 5. The van der Waals surface area contributed by atoms with Gasteiger partial charge >= 0.3 is 0 Å². The summed E-state index contributed by atoms with van der Waals surface area (Å²) in [4.78, 5) is 10.9. The molecule has 1 aliphatic rings. The minimum absolute atomic E-state index is 0.946. The van der Waals surface area contributed by atoms with Crippen molar-refractivity contribution in [3.63, 3.8) is 0 Å². The third-order valence-electron chi connectivity index (χ3n) is 3.25. The maximum atomic E-state index is 4.23. The van der Waals surface area contributed by atoms with Gasteiger partial charge in [0.15, 0.2) is 0 Å². The number of hydrogen-bond donors (Lipinski definition) is 2. The molecule has 1 saturated heterocycles. The van der Waals surface area contributed by atoms with Gasteiger partial charge in [-0.15, -0.1) is 0 Å². The van der Waals surface area contributed by atoms with Crippen molar-refractivity contribution >= 4 is 5.82 Å². The summed E-state index contributed by atoms with van der Waals surface area (Å²) in [5.41, 5.74) is 1.09. The first-order chi connectivity index (χ1) is 8.88. The van der Waals surface area contributed by atoms with Crippen LogP contribution in [0.5, 0.6) is 0 Å². The Bertz CT molecular complexity index is 349. The Balaban J connectivity index is 1.65. The van der Waals surface area contributed by atoms with Gasteiger partial charge in [0.25, 0.3) is 0 Å². The number of piperazine rings is 1. The van der Waals surface area contributed by atoms with Crippen LogP contribution in [0.2, 0.25) is 0 Å². The molecule has 1 aliphatic heterocycles. The summed E-state index contributed by atoms with van der Waals surface area (Å²) in [6.07, 6.45) is 3.75. The van der Waals surface area contributed by atoms with E-state index in [1.165, 1.54) is 19.6 Å². The molecular formula is C13H23N5. The number of aryl methyl sites for hydroxylation is 1. The van der Waals surface area contributed by atoms with E-state index < -0.39 is 0 Å². The Kier molecular flexibility index (Phi) is 5.36. The summed E-state index contributed by atoms with van der Waals surface area (Å²) in [6, 6.07) is 2.03. The Labute approximate surface area is 109 Å². The van der Waals surface area contributed by atoms with Crippen LogP contribution in [0, 0.1) is 0 Å². The molecule has 0 saturated carbocycles. The molecule has 0 aliphatic carbocycles. The van der Waals surface area contributed by atoms with Crippen LogP contribution < -0.4 is 10.6 Å². The Morgan fingerprint density at radius 3 is 2.94 bits per heavy atom. The lowest BCUT2D eigenvalue weighted by molar-refractivity contribution is 0.240. The van der Waals surface area contributed by atoms with Crippen LogP contribution in [-0.2, 0) is 6.42 Å². The fourth-order valence-electron chi connectivity index (χ4n) is 2.14. The van der Waals surface area contributed by atoms with Crippen molar-refractivity contribution in [1.82, 2.24) is 20.2 Å². The van der Waals surface area contributed by atoms with Gasteiger partial charge in [0, 0.05) is 44.5 Å². The number of anilines is 1. The number of aromatic nitrogens is 2. The third kappa shape index (κ3) is 4.23. The van der Waals surface area contributed by atoms with E-state index in [1.807, 2.05) is 6.07 Å². The van der Waals surface area contributed by atoms with Crippen LogP contribution in [0.25, 0.3) is 0 Å². The van der Waals surface area contributed by atoms with Crippen LogP contribution in [0.4, 0.5) is 5.82 Å². The normalized spacial score (nSPS) is 16.7. The zero-order valence-corrected chi connectivity index (χ0v) is 11.2. The zero-order valence-electron chi connectivity index (χ0n) is 11.2. The quantitative estimate of drug-likeness (QED) is 0.729. The van der Waals surface area contributed by atoms with Gasteiger partial charge in [-0.1, -0.05) is 6.92 Å². The number of nitrogens with one attached hydrogen (secondary N) is 2. The molecule has 1 aromatic heterocycles. The molecule has 1 fully saturated rings. The minimum atomic E-state index is 0.946. The molecule has 0 aromatic carbocycles. The van der Waals surface area contributed by atoms with Crippen LogP contribution in [0.15, 0.2) is 12.4 Å². The molecule has 0 bridgehead atoms. The maximum absolute atomic E-state index is 4.23. The van der Waals surface area contributed by atoms with Crippen molar-refractivity contribution < 1.29 is 0 Å².